The fraction of sp³-hybridized carbons (Fsp3) is 0.176. The van der Waals surface area contributed by atoms with Crippen molar-refractivity contribution in [3.8, 4) is 5.75 Å². The van der Waals surface area contributed by atoms with Crippen molar-refractivity contribution in [2.45, 2.75) is 11.8 Å². The van der Waals surface area contributed by atoms with Gasteiger partial charge >= 0.3 is 0 Å². The molecule has 0 fully saturated rings. The SMILES string of the molecule is COc1ccc(Cl)cc1NC(=O)CSc1cccc(NC(C)=O)c1. The lowest BCUT2D eigenvalue weighted by Crippen LogP contribution is -2.14. The van der Waals surface area contributed by atoms with E-state index in [2.05, 4.69) is 10.6 Å². The predicted octanol–water partition coefficient (Wildman–Crippen LogP) is 4.04. The molecule has 0 bridgehead atoms. The Hall–Kier alpha value is -2.18. The third-order valence-corrected chi connectivity index (χ3v) is 4.19. The lowest BCUT2D eigenvalue weighted by Gasteiger charge is -2.10. The Morgan fingerprint density at radius 2 is 1.96 bits per heavy atom. The quantitative estimate of drug-likeness (QED) is 0.759. The molecule has 2 amide bonds. The van der Waals surface area contributed by atoms with E-state index in [0.717, 1.165) is 4.90 Å². The van der Waals surface area contributed by atoms with Crippen LogP contribution in [0.2, 0.25) is 5.02 Å². The summed E-state index contributed by atoms with van der Waals surface area (Å²) >= 11 is 7.31. The molecular weight excluding hydrogens is 348 g/mol. The lowest BCUT2D eigenvalue weighted by molar-refractivity contribution is -0.114. The third-order valence-electron chi connectivity index (χ3n) is 2.96. The van der Waals surface area contributed by atoms with Gasteiger partial charge in [0.2, 0.25) is 11.8 Å². The van der Waals surface area contributed by atoms with E-state index in [0.29, 0.717) is 22.1 Å². The van der Waals surface area contributed by atoms with Crippen LogP contribution in [0.25, 0.3) is 0 Å². The van der Waals surface area contributed by atoms with Crippen LogP contribution in [-0.2, 0) is 9.59 Å². The Morgan fingerprint density at radius 3 is 2.67 bits per heavy atom. The highest BCUT2D eigenvalue weighted by Gasteiger charge is 2.09. The van der Waals surface area contributed by atoms with Gasteiger partial charge in [0.25, 0.3) is 0 Å². The first-order chi connectivity index (χ1) is 11.5. The average Bonchev–Trinajstić information content (AvgIpc) is 2.53. The Morgan fingerprint density at radius 1 is 1.17 bits per heavy atom. The van der Waals surface area contributed by atoms with Gasteiger partial charge in [-0.25, -0.2) is 0 Å². The number of amides is 2. The fourth-order valence-corrected chi connectivity index (χ4v) is 2.91. The monoisotopic (exact) mass is 364 g/mol. The van der Waals surface area contributed by atoms with E-state index in [-0.39, 0.29) is 17.6 Å². The molecule has 0 unspecified atom stereocenters. The van der Waals surface area contributed by atoms with Gasteiger partial charge in [-0.2, -0.15) is 0 Å². The molecule has 0 saturated heterocycles. The highest BCUT2D eigenvalue weighted by atomic mass is 35.5. The molecule has 7 heteroatoms. The molecule has 0 aliphatic carbocycles. The van der Waals surface area contributed by atoms with Gasteiger partial charge in [-0.3, -0.25) is 9.59 Å². The molecule has 24 heavy (non-hydrogen) atoms. The topological polar surface area (TPSA) is 67.4 Å². The van der Waals surface area contributed by atoms with Gasteiger partial charge in [0.05, 0.1) is 18.6 Å². The summed E-state index contributed by atoms with van der Waals surface area (Å²) < 4.78 is 5.20. The number of nitrogens with one attached hydrogen (secondary N) is 2. The standard InChI is InChI=1S/C17H17ClN2O3S/c1-11(21)19-13-4-3-5-14(9-13)24-10-17(22)20-15-8-12(18)6-7-16(15)23-2/h3-9H,10H2,1-2H3,(H,19,21)(H,20,22). The zero-order valence-electron chi connectivity index (χ0n) is 13.3. The number of carbonyl (C=O) groups is 2. The first-order valence-electron chi connectivity index (χ1n) is 7.12. The minimum Gasteiger partial charge on any atom is -0.495 e. The number of methoxy groups -OCH3 is 1. The van der Waals surface area contributed by atoms with Crippen LogP contribution in [0.3, 0.4) is 0 Å². The molecule has 0 spiro atoms. The first-order valence-corrected chi connectivity index (χ1v) is 8.48. The number of hydrogen-bond acceptors (Lipinski definition) is 4. The summed E-state index contributed by atoms with van der Waals surface area (Å²) in [5.74, 6) is 0.456. The van der Waals surface area contributed by atoms with E-state index in [9.17, 15) is 9.59 Å². The molecule has 2 aromatic carbocycles. The molecule has 0 saturated carbocycles. The van der Waals surface area contributed by atoms with Gasteiger partial charge in [-0.1, -0.05) is 17.7 Å². The zero-order valence-corrected chi connectivity index (χ0v) is 14.8. The smallest absolute Gasteiger partial charge is 0.234 e. The summed E-state index contributed by atoms with van der Waals surface area (Å²) in [6, 6.07) is 12.3. The second-order valence-electron chi connectivity index (χ2n) is 4.89. The molecular formula is C17H17ClN2O3S. The second-order valence-corrected chi connectivity index (χ2v) is 6.38. The van der Waals surface area contributed by atoms with Crippen LogP contribution in [0.4, 0.5) is 11.4 Å². The molecule has 0 aromatic heterocycles. The summed E-state index contributed by atoms with van der Waals surface area (Å²) in [7, 11) is 1.53. The molecule has 126 valence electrons. The average molecular weight is 365 g/mol. The number of halogens is 1. The Balaban J connectivity index is 1.96. The Labute approximate surface area is 149 Å². The van der Waals surface area contributed by atoms with Crippen LogP contribution in [0.5, 0.6) is 5.75 Å². The maximum absolute atomic E-state index is 12.1. The molecule has 0 radical (unpaired) electrons. The lowest BCUT2D eigenvalue weighted by atomic mass is 10.3. The van der Waals surface area contributed by atoms with Crippen LogP contribution in [0.15, 0.2) is 47.4 Å². The predicted molar refractivity (Wildman–Crippen MR) is 98.1 cm³/mol. The van der Waals surface area contributed by atoms with E-state index in [1.807, 2.05) is 18.2 Å². The summed E-state index contributed by atoms with van der Waals surface area (Å²) in [5.41, 5.74) is 1.23. The van der Waals surface area contributed by atoms with Crippen molar-refractivity contribution in [3.05, 3.63) is 47.5 Å². The van der Waals surface area contributed by atoms with Crippen LogP contribution >= 0.6 is 23.4 Å². The Bertz CT molecular complexity index is 752. The van der Waals surface area contributed by atoms with Gasteiger partial charge < -0.3 is 15.4 Å². The van der Waals surface area contributed by atoms with E-state index in [4.69, 9.17) is 16.3 Å². The normalized spacial score (nSPS) is 10.1. The number of anilines is 2. The van der Waals surface area contributed by atoms with Crippen molar-refractivity contribution < 1.29 is 14.3 Å². The molecule has 0 atom stereocenters. The van der Waals surface area contributed by atoms with Crippen molar-refractivity contribution in [1.29, 1.82) is 0 Å². The van der Waals surface area contributed by atoms with E-state index < -0.39 is 0 Å². The summed E-state index contributed by atoms with van der Waals surface area (Å²) in [6.07, 6.45) is 0. The molecule has 0 heterocycles. The number of carbonyl (C=O) groups excluding carboxylic acids is 2. The largest absolute Gasteiger partial charge is 0.495 e. The number of hydrogen-bond donors (Lipinski definition) is 2. The summed E-state index contributed by atoms with van der Waals surface area (Å²) in [5, 5.41) is 6.01. The van der Waals surface area contributed by atoms with E-state index in [1.165, 1.54) is 25.8 Å². The molecule has 5 nitrogen and oxygen atoms in total. The maximum atomic E-state index is 12.1. The van der Waals surface area contributed by atoms with Crippen LogP contribution in [0, 0.1) is 0 Å². The van der Waals surface area contributed by atoms with Crippen molar-refractivity contribution >= 4 is 46.6 Å². The maximum Gasteiger partial charge on any atom is 0.234 e. The van der Waals surface area contributed by atoms with Gasteiger partial charge in [-0.15, -0.1) is 11.8 Å². The second kappa shape index (κ2) is 8.61. The van der Waals surface area contributed by atoms with E-state index >= 15 is 0 Å². The molecule has 2 N–H and O–H groups in total. The number of thioether (sulfide) groups is 1. The Kier molecular flexibility index (Phi) is 6.52. The molecule has 0 aliphatic heterocycles. The van der Waals surface area contributed by atoms with Gasteiger partial charge in [0.1, 0.15) is 5.75 Å². The van der Waals surface area contributed by atoms with Crippen molar-refractivity contribution in [1.82, 2.24) is 0 Å². The molecule has 0 aliphatic rings. The zero-order chi connectivity index (χ0) is 17.5. The summed E-state index contributed by atoms with van der Waals surface area (Å²) in [6.45, 7) is 1.45. The number of ether oxygens (including phenoxy) is 1. The highest BCUT2D eigenvalue weighted by Crippen LogP contribution is 2.28. The minimum absolute atomic E-state index is 0.136. The first kappa shape index (κ1) is 18.2. The third kappa shape index (κ3) is 5.47. The van der Waals surface area contributed by atoms with Crippen LogP contribution in [-0.4, -0.2) is 24.7 Å². The molecule has 2 rings (SSSR count). The van der Waals surface area contributed by atoms with Crippen LogP contribution < -0.4 is 15.4 Å². The van der Waals surface area contributed by atoms with Gasteiger partial charge in [0.15, 0.2) is 0 Å². The minimum atomic E-state index is -0.175. The van der Waals surface area contributed by atoms with Crippen LogP contribution in [0.1, 0.15) is 6.92 Å². The summed E-state index contributed by atoms with van der Waals surface area (Å²) in [4.78, 5) is 24.1. The van der Waals surface area contributed by atoms with Crippen molar-refractivity contribution in [2.24, 2.45) is 0 Å². The van der Waals surface area contributed by atoms with Gasteiger partial charge in [0, 0.05) is 22.5 Å². The van der Waals surface area contributed by atoms with Gasteiger partial charge in [-0.05, 0) is 36.4 Å². The molecule has 2 aromatic rings. The van der Waals surface area contributed by atoms with E-state index in [1.54, 1.807) is 24.3 Å². The number of rotatable bonds is 6. The highest BCUT2D eigenvalue weighted by molar-refractivity contribution is 8.00. The van der Waals surface area contributed by atoms with Crippen molar-refractivity contribution in [2.75, 3.05) is 23.5 Å². The fourth-order valence-electron chi connectivity index (χ4n) is 1.98. The van der Waals surface area contributed by atoms with Crippen molar-refractivity contribution in [3.63, 3.8) is 0 Å². The number of benzene rings is 2.